The van der Waals surface area contributed by atoms with Crippen LogP contribution in [0.15, 0.2) is 18.2 Å². The number of fused-ring (bicyclic) bond motifs is 1. The zero-order valence-electron chi connectivity index (χ0n) is 8.59. The lowest BCUT2D eigenvalue weighted by Gasteiger charge is -2.08. The molecular weight excluding hydrogens is 174 g/mol. The highest BCUT2D eigenvalue weighted by Crippen LogP contribution is 2.28. The summed E-state index contributed by atoms with van der Waals surface area (Å²) in [6.07, 6.45) is 2.26. The van der Waals surface area contributed by atoms with E-state index in [1.54, 1.807) is 6.07 Å². The predicted octanol–water partition coefficient (Wildman–Crippen LogP) is 1.72. The molecule has 0 saturated heterocycles. The summed E-state index contributed by atoms with van der Waals surface area (Å²) in [7, 11) is 0. The Bertz CT molecular complexity index is 322. The van der Waals surface area contributed by atoms with Crippen LogP contribution >= 0.6 is 0 Å². The summed E-state index contributed by atoms with van der Waals surface area (Å²) in [5.74, 6) is 1.11. The number of benzene rings is 1. The van der Waals surface area contributed by atoms with Gasteiger partial charge in [-0.25, -0.2) is 0 Å². The van der Waals surface area contributed by atoms with Crippen LogP contribution in [0.2, 0.25) is 0 Å². The molecule has 0 aliphatic heterocycles. The van der Waals surface area contributed by atoms with Crippen molar-refractivity contribution in [2.24, 2.45) is 5.92 Å². The number of nitrogens with one attached hydrogen (secondary N) is 1. The molecular formula is C12H17NO. The van der Waals surface area contributed by atoms with Crippen LogP contribution < -0.4 is 5.32 Å². The lowest BCUT2D eigenvalue weighted by atomic mass is 10.1. The van der Waals surface area contributed by atoms with Crippen molar-refractivity contribution in [1.29, 1.82) is 0 Å². The van der Waals surface area contributed by atoms with Gasteiger partial charge in [-0.2, -0.15) is 0 Å². The normalized spacial score (nSPS) is 19.6. The van der Waals surface area contributed by atoms with Crippen molar-refractivity contribution in [1.82, 2.24) is 5.32 Å². The third kappa shape index (κ3) is 1.90. The Hall–Kier alpha value is -1.02. The number of hydrogen-bond acceptors (Lipinski definition) is 2. The molecule has 1 unspecified atom stereocenters. The van der Waals surface area contributed by atoms with Gasteiger partial charge in [0.25, 0.3) is 0 Å². The lowest BCUT2D eigenvalue weighted by molar-refractivity contribution is 0.474. The minimum absolute atomic E-state index is 0.396. The van der Waals surface area contributed by atoms with E-state index in [2.05, 4.69) is 18.3 Å². The van der Waals surface area contributed by atoms with Gasteiger partial charge in [0.2, 0.25) is 0 Å². The van der Waals surface area contributed by atoms with Crippen LogP contribution in [0, 0.1) is 5.92 Å². The summed E-state index contributed by atoms with van der Waals surface area (Å²) in [6, 6.07) is 5.74. The average molecular weight is 191 g/mol. The maximum absolute atomic E-state index is 9.34. The Labute approximate surface area is 85.0 Å². The summed E-state index contributed by atoms with van der Waals surface area (Å²) >= 11 is 0. The Balaban J connectivity index is 2.03. The van der Waals surface area contributed by atoms with Crippen molar-refractivity contribution in [3.8, 4) is 5.75 Å². The minimum atomic E-state index is 0.396. The van der Waals surface area contributed by atoms with Crippen molar-refractivity contribution >= 4 is 0 Å². The third-order valence-corrected chi connectivity index (χ3v) is 2.89. The second-order valence-electron chi connectivity index (χ2n) is 4.03. The first-order valence-corrected chi connectivity index (χ1v) is 5.31. The minimum Gasteiger partial charge on any atom is -0.508 e. The van der Waals surface area contributed by atoms with Crippen LogP contribution in [0.1, 0.15) is 18.1 Å². The van der Waals surface area contributed by atoms with E-state index in [4.69, 9.17) is 0 Å². The van der Waals surface area contributed by atoms with E-state index < -0.39 is 0 Å². The molecule has 1 aromatic carbocycles. The SMILES string of the molecule is CCNCC1Cc2ccc(O)cc2C1. The Morgan fingerprint density at radius 3 is 2.93 bits per heavy atom. The van der Waals surface area contributed by atoms with E-state index in [0.717, 1.165) is 25.9 Å². The van der Waals surface area contributed by atoms with Crippen molar-refractivity contribution in [3.63, 3.8) is 0 Å². The van der Waals surface area contributed by atoms with E-state index in [-0.39, 0.29) is 0 Å². The molecule has 2 heteroatoms. The standard InChI is InChI=1S/C12H17NO/c1-2-13-8-9-5-10-3-4-12(14)7-11(10)6-9/h3-4,7,9,13-14H,2,5-6,8H2,1H3. The molecule has 14 heavy (non-hydrogen) atoms. The highest BCUT2D eigenvalue weighted by molar-refractivity contribution is 5.38. The number of hydrogen-bond donors (Lipinski definition) is 2. The number of rotatable bonds is 3. The smallest absolute Gasteiger partial charge is 0.115 e. The van der Waals surface area contributed by atoms with Crippen LogP contribution in [-0.2, 0) is 12.8 Å². The topological polar surface area (TPSA) is 32.3 Å². The van der Waals surface area contributed by atoms with Gasteiger partial charge >= 0.3 is 0 Å². The summed E-state index contributed by atoms with van der Waals surface area (Å²) in [5, 5.41) is 12.7. The van der Waals surface area contributed by atoms with Gasteiger partial charge in [0, 0.05) is 0 Å². The molecule has 1 aliphatic rings. The fourth-order valence-electron chi connectivity index (χ4n) is 2.19. The molecule has 1 atom stereocenters. The van der Waals surface area contributed by atoms with Gasteiger partial charge in [0.1, 0.15) is 5.75 Å². The molecule has 2 nitrogen and oxygen atoms in total. The first-order valence-electron chi connectivity index (χ1n) is 5.31. The zero-order chi connectivity index (χ0) is 9.97. The molecule has 0 radical (unpaired) electrons. The van der Waals surface area contributed by atoms with E-state index in [9.17, 15) is 5.11 Å². The van der Waals surface area contributed by atoms with E-state index >= 15 is 0 Å². The summed E-state index contributed by atoms with van der Waals surface area (Å²) in [4.78, 5) is 0. The predicted molar refractivity (Wildman–Crippen MR) is 57.5 cm³/mol. The van der Waals surface area contributed by atoms with Gasteiger partial charge in [0.15, 0.2) is 0 Å². The lowest BCUT2D eigenvalue weighted by Crippen LogP contribution is -2.22. The fourth-order valence-corrected chi connectivity index (χ4v) is 2.19. The van der Waals surface area contributed by atoms with Crippen molar-refractivity contribution < 1.29 is 5.11 Å². The first kappa shape index (κ1) is 9.53. The molecule has 0 aromatic heterocycles. The first-order chi connectivity index (χ1) is 6.79. The van der Waals surface area contributed by atoms with Crippen LogP contribution in [0.5, 0.6) is 5.75 Å². The molecule has 0 amide bonds. The second kappa shape index (κ2) is 4.01. The molecule has 0 spiro atoms. The monoisotopic (exact) mass is 191 g/mol. The summed E-state index contributed by atoms with van der Waals surface area (Å²) in [5.41, 5.74) is 2.73. The van der Waals surface area contributed by atoms with Crippen LogP contribution in [0.25, 0.3) is 0 Å². The zero-order valence-corrected chi connectivity index (χ0v) is 8.59. The largest absolute Gasteiger partial charge is 0.508 e. The highest BCUT2D eigenvalue weighted by Gasteiger charge is 2.20. The van der Waals surface area contributed by atoms with Gasteiger partial charge in [-0.3, -0.25) is 0 Å². The molecule has 2 rings (SSSR count). The van der Waals surface area contributed by atoms with Crippen molar-refractivity contribution in [2.75, 3.05) is 13.1 Å². The van der Waals surface area contributed by atoms with Crippen LogP contribution in [0.3, 0.4) is 0 Å². The Kier molecular flexibility index (Phi) is 2.73. The number of aromatic hydroxyl groups is 1. The van der Waals surface area contributed by atoms with Crippen LogP contribution in [-0.4, -0.2) is 18.2 Å². The van der Waals surface area contributed by atoms with Gasteiger partial charge in [-0.05, 0) is 55.1 Å². The molecule has 1 aromatic rings. The van der Waals surface area contributed by atoms with Gasteiger partial charge in [-0.1, -0.05) is 13.0 Å². The quantitative estimate of drug-likeness (QED) is 0.762. The van der Waals surface area contributed by atoms with E-state index in [0.29, 0.717) is 11.7 Å². The average Bonchev–Trinajstić information content (AvgIpc) is 2.56. The maximum Gasteiger partial charge on any atom is 0.115 e. The maximum atomic E-state index is 9.34. The van der Waals surface area contributed by atoms with Gasteiger partial charge < -0.3 is 10.4 Å². The van der Waals surface area contributed by atoms with E-state index in [1.807, 2.05) is 6.07 Å². The van der Waals surface area contributed by atoms with Gasteiger partial charge in [-0.15, -0.1) is 0 Å². The molecule has 1 aliphatic carbocycles. The van der Waals surface area contributed by atoms with Crippen molar-refractivity contribution in [2.45, 2.75) is 19.8 Å². The van der Waals surface area contributed by atoms with Crippen LogP contribution in [0.4, 0.5) is 0 Å². The molecule has 76 valence electrons. The Morgan fingerprint density at radius 2 is 2.14 bits per heavy atom. The molecule has 2 N–H and O–H groups in total. The molecule has 0 heterocycles. The van der Waals surface area contributed by atoms with Gasteiger partial charge in [0.05, 0.1) is 0 Å². The highest BCUT2D eigenvalue weighted by atomic mass is 16.3. The number of phenols is 1. The second-order valence-corrected chi connectivity index (χ2v) is 4.03. The molecule has 0 fully saturated rings. The Morgan fingerprint density at radius 1 is 1.36 bits per heavy atom. The third-order valence-electron chi connectivity index (χ3n) is 2.89. The molecule has 0 saturated carbocycles. The molecule has 0 bridgehead atoms. The van der Waals surface area contributed by atoms with E-state index in [1.165, 1.54) is 11.1 Å². The fraction of sp³-hybridized carbons (Fsp3) is 0.500. The number of phenolic OH excluding ortho intramolecular Hbond substituents is 1. The van der Waals surface area contributed by atoms with Crippen molar-refractivity contribution in [3.05, 3.63) is 29.3 Å². The summed E-state index contributed by atoms with van der Waals surface area (Å²) in [6.45, 7) is 4.26. The summed E-state index contributed by atoms with van der Waals surface area (Å²) < 4.78 is 0.